The van der Waals surface area contributed by atoms with Gasteiger partial charge in [-0.25, -0.2) is 0 Å². The number of benzene rings is 2. The Balaban J connectivity index is 1.61. The fourth-order valence-corrected chi connectivity index (χ4v) is 3.49. The predicted octanol–water partition coefficient (Wildman–Crippen LogP) is 6.46. The molecule has 0 heterocycles. The maximum atomic E-state index is 6.11. The Morgan fingerprint density at radius 2 is 1.70 bits per heavy atom. The minimum atomic E-state index is -0.614. The van der Waals surface area contributed by atoms with Gasteiger partial charge in [0.1, 0.15) is 4.33 Å². The van der Waals surface area contributed by atoms with Gasteiger partial charge in [0.05, 0.1) is 10.7 Å². The molecule has 23 heavy (non-hydrogen) atoms. The fraction of sp³-hybridized carbons (Fsp3) is 0.188. The molecule has 1 fully saturated rings. The summed E-state index contributed by atoms with van der Waals surface area (Å²) in [5.41, 5.74) is 2.68. The molecule has 120 valence electrons. The zero-order valence-electron chi connectivity index (χ0n) is 11.7. The lowest BCUT2D eigenvalue weighted by molar-refractivity contribution is 1.11. The van der Waals surface area contributed by atoms with Gasteiger partial charge in [-0.3, -0.25) is 0 Å². The van der Waals surface area contributed by atoms with Gasteiger partial charge in [-0.1, -0.05) is 35.3 Å². The number of hydrogen-bond acceptors (Lipinski definition) is 1. The predicted molar refractivity (Wildman–Crippen MR) is 105 cm³/mol. The molecule has 1 saturated carbocycles. The fourth-order valence-electron chi connectivity index (χ4n) is 2.25. The van der Waals surface area contributed by atoms with Crippen LogP contribution in [-0.2, 0) is 0 Å². The normalized spacial score (nSPS) is 18.3. The van der Waals surface area contributed by atoms with E-state index < -0.39 is 4.33 Å². The Labute approximate surface area is 160 Å². The summed E-state index contributed by atoms with van der Waals surface area (Å²) in [6.45, 7) is 0. The van der Waals surface area contributed by atoms with Gasteiger partial charge in [0.15, 0.2) is 5.11 Å². The van der Waals surface area contributed by atoms with Crippen molar-refractivity contribution in [1.29, 1.82) is 0 Å². The first-order valence-corrected chi connectivity index (χ1v) is 8.78. The molecule has 2 aromatic rings. The molecule has 2 aromatic carbocycles. The van der Waals surface area contributed by atoms with Gasteiger partial charge in [0.25, 0.3) is 0 Å². The summed E-state index contributed by atoms with van der Waals surface area (Å²) >= 11 is 29.4. The lowest BCUT2D eigenvalue weighted by Crippen LogP contribution is -2.19. The van der Waals surface area contributed by atoms with Crippen LogP contribution < -0.4 is 10.6 Å². The van der Waals surface area contributed by atoms with Crippen LogP contribution in [0.15, 0.2) is 42.5 Å². The molecule has 1 atom stereocenters. The summed E-state index contributed by atoms with van der Waals surface area (Å²) in [6, 6.07) is 13.0. The zero-order chi connectivity index (χ0) is 16.6. The second-order valence-corrected chi connectivity index (χ2v) is 8.14. The number of nitrogens with one attached hydrogen (secondary N) is 2. The van der Waals surface area contributed by atoms with Gasteiger partial charge < -0.3 is 10.6 Å². The molecule has 1 aliphatic rings. The first kappa shape index (κ1) is 17.1. The molecule has 1 aliphatic carbocycles. The van der Waals surface area contributed by atoms with Crippen molar-refractivity contribution < 1.29 is 0 Å². The molecular weight excluding hydrogens is 394 g/mol. The van der Waals surface area contributed by atoms with Crippen LogP contribution in [0.1, 0.15) is 17.9 Å². The van der Waals surface area contributed by atoms with Crippen LogP contribution >= 0.6 is 58.6 Å². The van der Waals surface area contributed by atoms with Crippen LogP contribution in [-0.4, -0.2) is 9.45 Å². The van der Waals surface area contributed by atoms with Crippen LogP contribution in [0.5, 0.6) is 0 Å². The van der Waals surface area contributed by atoms with Crippen LogP contribution in [0.3, 0.4) is 0 Å². The molecule has 0 spiro atoms. The topological polar surface area (TPSA) is 24.1 Å². The molecule has 0 amide bonds. The first-order valence-electron chi connectivity index (χ1n) is 6.86. The summed E-state index contributed by atoms with van der Waals surface area (Å²) in [7, 11) is 0. The Morgan fingerprint density at radius 3 is 2.26 bits per heavy atom. The first-order chi connectivity index (χ1) is 10.8. The minimum Gasteiger partial charge on any atom is -0.332 e. The third-order valence-electron chi connectivity index (χ3n) is 3.58. The Kier molecular flexibility index (Phi) is 4.96. The summed E-state index contributed by atoms with van der Waals surface area (Å²) in [6.07, 6.45) is 0.790. The van der Waals surface area contributed by atoms with Crippen LogP contribution in [0.2, 0.25) is 10.0 Å². The lowest BCUT2D eigenvalue weighted by Gasteiger charge is -2.12. The summed E-state index contributed by atoms with van der Waals surface area (Å²) < 4.78 is -0.614. The average molecular weight is 406 g/mol. The second-order valence-electron chi connectivity index (χ2n) is 5.34. The zero-order valence-corrected chi connectivity index (χ0v) is 15.6. The number of halogens is 4. The van der Waals surface area contributed by atoms with Crippen molar-refractivity contribution in [3.63, 3.8) is 0 Å². The Hall–Kier alpha value is -0.710. The number of rotatable bonds is 3. The third kappa shape index (κ3) is 4.23. The van der Waals surface area contributed by atoms with E-state index in [4.69, 9.17) is 58.6 Å². The smallest absolute Gasteiger partial charge is 0.175 e. The Morgan fingerprint density at radius 1 is 1.04 bits per heavy atom. The van der Waals surface area contributed by atoms with Crippen molar-refractivity contribution in [2.24, 2.45) is 0 Å². The highest BCUT2D eigenvalue weighted by molar-refractivity contribution is 7.80. The molecular formula is C16H12Cl4N2S. The number of alkyl halides is 2. The van der Waals surface area contributed by atoms with Gasteiger partial charge in [0.2, 0.25) is 0 Å². The van der Waals surface area contributed by atoms with Crippen molar-refractivity contribution in [3.05, 3.63) is 58.1 Å². The van der Waals surface area contributed by atoms with Crippen molar-refractivity contribution in [2.45, 2.75) is 16.7 Å². The SMILES string of the molecule is S=C(Nc1ccc(C2CC2(Cl)Cl)cc1)Nc1ccc(Cl)cc1Cl. The van der Waals surface area contributed by atoms with E-state index in [9.17, 15) is 0 Å². The Bertz CT molecular complexity index is 746. The highest BCUT2D eigenvalue weighted by Gasteiger charge is 2.52. The lowest BCUT2D eigenvalue weighted by atomic mass is 10.1. The van der Waals surface area contributed by atoms with E-state index in [2.05, 4.69) is 10.6 Å². The third-order valence-corrected chi connectivity index (χ3v) is 5.16. The summed E-state index contributed by atoms with van der Waals surface area (Å²) in [4.78, 5) is 0. The quantitative estimate of drug-likeness (QED) is 0.452. The van der Waals surface area contributed by atoms with Gasteiger partial charge >= 0.3 is 0 Å². The standard InChI is InChI=1S/C16H12Cl4N2S/c17-10-3-6-14(13(18)7-10)22-15(23)21-11-4-1-9(2-5-11)12-8-16(12,19)20/h1-7,12H,8H2,(H2,21,22,23). The second kappa shape index (κ2) is 6.66. The number of anilines is 2. The molecule has 0 bridgehead atoms. The van der Waals surface area contributed by atoms with E-state index in [0.29, 0.717) is 20.8 Å². The average Bonchev–Trinajstić information content (AvgIpc) is 3.12. The van der Waals surface area contributed by atoms with Crippen molar-refractivity contribution >= 4 is 75.1 Å². The van der Waals surface area contributed by atoms with E-state index in [1.54, 1.807) is 18.2 Å². The molecule has 3 rings (SSSR count). The molecule has 0 radical (unpaired) electrons. The molecule has 1 unspecified atom stereocenters. The van der Waals surface area contributed by atoms with Gasteiger partial charge in [-0.15, -0.1) is 23.2 Å². The van der Waals surface area contributed by atoms with Gasteiger partial charge in [0, 0.05) is 16.6 Å². The molecule has 0 saturated heterocycles. The minimum absolute atomic E-state index is 0.206. The maximum absolute atomic E-state index is 6.11. The molecule has 7 heteroatoms. The van der Waals surface area contributed by atoms with Crippen LogP contribution in [0.25, 0.3) is 0 Å². The monoisotopic (exact) mass is 404 g/mol. The summed E-state index contributed by atoms with van der Waals surface area (Å²) in [5, 5.41) is 7.66. The van der Waals surface area contributed by atoms with Gasteiger partial charge in [-0.05, 0) is 54.5 Å². The van der Waals surface area contributed by atoms with E-state index in [1.807, 2.05) is 24.3 Å². The number of hydrogen-bond donors (Lipinski definition) is 2. The maximum Gasteiger partial charge on any atom is 0.175 e. The summed E-state index contributed by atoms with van der Waals surface area (Å²) in [5.74, 6) is 0.206. The van der Waals surface area contributed by atoms with Gasteiger partial charge in [-0.2, -0.15) is 0 Å². The van der Waals surface area contributed by atoms with Crippen LogP contribution in [0.4, 0.5) is 11.4 Å². The highest BCUT2D eigenvalue weighted by Crippen LogP contribution is 2.59. The number of thiocarbonyl (C=S) groups is 1. The van der Waals surface area contributed by atoms with E-state index in [-0.39, 0.29) is 5.92 Å². The van der Waals surface area contributed by atoms with Crippen molar-refractivity contribution in [2.75, 3.05) is 10.6 Å². The van der Waals surface area contributed by atoms with E-state index >= 15 is 0 Å². The molecule has 0 aliphatic heterocycles. The van der Waals surface area contributed by atoms with Crippen LogP contribution in [0, 0.1) is 0 Å². The van der Waals surface area contributed by atoms with Crippen molar-refractivity contribution in [1.82, 2.24) is 0 Å². The molecule has 2 N–H and O–H groups in total. The largest absolute Gasteiger partial charge is 0.332 e. The molecule has 0 aromatic heterocycles. The van der Waals surface area contributed by atoms with E-state index in [1.165, 1.54) is 0 Å². The highest BCUT2D eigenvalue weighted by atomic mass is 35.5. The van der Waals surface area contributed by atoms with Crippen molar-refractivity contribution in [3.8, 4) is 0 Å². The molecule has 2 nitrogen and oxygen atoms in total. The van der Waals surface area contributed by atoms with E-state index in [0.717, 1.165) is 17.7 Å².